The van der Waals surface area contributed by atoms with Gasteiger partial charge in [0.1, 0.15) is 5.82 Å². The van der Waals surface area contributed by atoms with Gasteiger partial charge in [0, 0.05) is 25.2 Å². The predicted molar refractivity (Wildman–Crippen MR) is 92.5 cm³/mol. The van der Waals surface area contributed by atoms with Gasteiger partial charge in [-0.1, -0.05) is 6.92 Å². The lowest BCUT2D eigenvalue weighted by molar-refractivity contribution is 0.344. The Hall–Kier alpha value is -1.79. The Labute approximate surface area is 139 Å². The molecule has 0 saturated heterocycles. The first-order chi connectivity index (χ1) is 11.2. The molecule has 3 aromatic heterocycles. The van der Waals surface area contributed by atoms with Crippen LogP contribution in [0.25, 0.3) is 10.2 Å². The average Bonchev–Trinajstić information content (AvgIpc) is 3.20. The molecule has 0 radical (unpaired) electrons. The Bertz CT molecular complexity index is 821. The molecule has 0 spiro atoms. The van der Waals surface area contributed by atoms with Crippen LogP contribution in [0.3, 0.4) is 0 Å². The summed E-state index contributed by atoms with van der Waals surface area (Å²) in [7, 11) is 0. The summed E-state index contributed by atoms with van der Waals surface area (Å²) < 4.78 is 3.32. The zero-order valence-electron chi connectivity index (χ0n) is 13.5. The van der Waals surface area contributed by atoms with Gasteiger partial charge in [0.25, 0.3) is 0 Å². The lowest BCUT2D eigenvalue weighted by atomic mass is 10.0. The molecule has 1 N–H and O–H groups in total. The summed E-state index contributed by atoms with van der Waals surface area (Å²) >= 11 is 1.74. The van der Waals surface area contributed by atoms with Crippen molar-refractivity contribution in [3.63, 3.8) is 0 Å². The van der Waals surface area contributed by atoms with Gasteiger partial charge in [0.05, 0.1) is 16.3 Å². The molecule has 4 heterocycles. The molecular formula is C17H21N5S. The highest BCUT2D eigenvalue weighted by Crippen LogP contribution is 2.28. The van der Waals surface area contributed by atoms with E-state index in [1.165, 1.54) is 10.3 Å². The van der Waals surface area contributed by atoms with Crippen molar-refractivity contribution in [2.24, 2.45) is 0 Å². The molecule has 5 nitrogen and oxygen atoms in total. The number of hydrogen-bond acceptors (Lipinski definition) is 5. The van der Waals surface area contributed by atoms with Crippen LogP contribution in [-0.4, -0.2) is 19.7 Å². The number of aryl methyl sites for hydroxylation is 2. The van der Waals surface area contributed by atoms with Crippen molar-refractivity contribution in [1.29, 1.82) is 0 Å². The van der Waals surface area contributed by atoms with Gasteiger partial charge in [-0.15, -0.1) is 11.3 Å². The third-order valence-corrected chi connectivity index (χ3v) is 5.36. The summed E-state index contributed by atoms with van der Waals surface area (Å²) in [6.45, 7) is 5.29. The van der Waals surface area contributed by atoms with E-state index >= 15 is 0 Å². The van der Waals surface area contributed by atoms with Gasteiger partial charge in [0.15, 0.2) is 5.82 Å². The first kappa shape index (κ1) is 14.8. The highest BCUT2D eigenvalue weighted by Gasteiger charge is 2.25. The first-order valence-electron chi connectivity index (χ1n) is 8.27. The van der Waals surface area contributed by atoms with Gasteiger partial charge < -0.3 is 5.32 Å². The Morgan fingerprint density at radius 2 is 2.39 bits per heavy atom. The summed E-state index contributed by atoms with van der Waals surface area (Å²) in [6, 6.07) is 4.82. The average molecular weight is 327 g/mol. The summed E-state index contributed by atoms with van der Waals surface area (Å²) in [5, 5.41) is 10.4. The smallest absolute Gasteiger partial charge is 0.150 e. The highest BCUT2D eigenvalue weighted by molar-refractivity contribution is 7.17. The lowest BCUT2D eigenvalue weighted by Gasteiger charge is -2.26. The van der Waals surface area contributed by atoms with Crippen molar-refractivity contribution in [3.05, 3.63) is 40.9 Å². The molecule has 0 aliphatic carbocycles. The molecule has 4 rings (SSSR count). The summed E-state index contributed by atoms with van der Waals surface area (Å²) in [5.41, 5.74) is 2.31. The van der Waals surface area contributed by atoms with Crippen LogP contribution in [0.2, 0.25) is 0 Å². The van der Waals surface area contributed by atoms with Crippen molar-refractivity contribution in [2.45, 2.75) is 51.7 Å². The standard InChI is InChI=1S/C17H21N5S/c1-3-16-20-17-14(5-4-7-22(17)21-16)19-11(2)12-9-15-13(18-10-12)6-8-23-15/h6,8-11,14,19H,3-5,7H2,1-2H3/t11-,14-/m0/s1. The van der Waals surface area contributed by atoms with Crippen molar-refractivity contribution >= 4 is 21.6 Å². The molecule has 6 heteroatoms. The molecular weight excluding hydrogens is 306 g/mol. The van der Waals surface area contributed by atoms with Gasteiger partial charge in [-0.2, -0.15) is 5.10 Å². The molecule has 1 aliphatic heterocycles. The summed E-state index contributed by atoms with van der Waals surface area (Å²) in [6.07, 6.45) is 5.13. The first-order valence-corrected chi connectivity index (χ1v) is 9.15. The van der Waals surface area contributed by atoms with Crippen molar-refractivity contribution in [1.82, 2.24) is 25.1 Å². The molecule has 23 heavy (non-hydrogen) atoms. The van der Waals surface area contributed by atoms with Crippen LogP contribution >= 0.6 is 11.3 Å². The zero-order chi connectivity index (χ0) is 15.8. The Morgan fingerprint density at radius 1 is 1.48 bits per heavy atom. The Kier molecular flexibility index (Phi) is 3.87. The fourth-order valence-corrected chi connectivity index (χ4v) is 3.99. The Morgan fingerprint density at radius 3 is 3.26 bits per heavy atom. The SMILES string of the molecule is CCc1nc2n(n1)CCC[C@@H]2N[C@@H](C)c1cnc2ccsc2c1. The lowest BCUT2D eigenvalue weighted by Crippen LogP contribution is -2.30. The van der Waals surface area contributed by atoms with Crippen LogP contribution < -0.4 is 5.32 Å². The van der Waals surface area contributed by atoms with Crippen LogP contribution in [0.1, 0.15) is 56.0 Å². The molecule has 3 aromatic rings. The van der Waals surface area contributed by atoms with E-state index in [9.17, 15) is 0 Å². The largest absolute Gasteiger partial charge is 0.301 e. The van der Waals surface area contributed by atoms with E-state index < -0.39 is 0 Å². The van der Waals surface area contributed by atoms with Crippen LogP contribution in [0.15, 0.2) is 23.7 Å². The number of nitrogens with zero attached hydrogens (tertiary/aromatic N) is 4. The number of thiophene rings is 1. The van der Waals surface area contributed by atoms with E-state index in [0.717, 1.165) is 43.0 Å². The van der Waals surface area contributed by atoms with Crippen molar-refractivity contribution in [3.8, 4) is 0 Å². The molecule has 0 fully saturated rings. The van der Waals surface area contributed by atoms with Crippen LogP contribution in [0.4, 0.5) is 0 Å². The summed E-state index contributed by atoms with van der Waals surface area (Å²) in [5.74, 6) is 2.04. The molecule has 2 atom stereocenters. The number of aromatic nitrogens is 4. The number of rotatable bonds is 4. The minimum Gasteiger partial charge on any atom is -0.301 e. The molecule has 0 bridgehead atoms. The topological polar surface area (TPSA) is 55.6 Å². The zero-order valence-corrected chi connectivity index (χ0v) is 14.3. The van der Waals surface area contributed by atoms with Gasteiger partial charge in [-0.05, 0) is 42.8 Å². The van der Waals surface area contributed by atoms with Gasteiger partial charge in [-0.3, -0.25) is 4.98 Å². The molecule has 1 aliphatic rings. The van der Waals surface area contributed by atoms with Gasteiger partial charge >= 0.3 is 0 Å². The molecule has 0 saturated carbocycles. The number of pyridine rings is 1. The second kappa shape index (κ2) is 6.02. The maximum atomic E-state index is 4.71. The van der Waals surface area contributed by atoms with Crippen LogP contribution in [0, 0.1) is 0 Å². The van der Waals surface area contributed by atoms with Crippen molar-refractivity contribution < 1.29 is 0 Å². The summed E-state index contributed by atoms with van der Waals surface area (Å²) in [4.78, 5) is 9.27. The second-order valence-electron chi connectivity index (χ2n) is 6.12. The van der Waals surface area contributed by atoms with E-state index in [1.807, 2.05) is 6.20 Å². The second-order valence-corrected chi connectivity index (χ2v) is 7.07. The van der Waals surface area contributed by atoms with E-state index in [4.69, 9.17) is 4.98 Å². The third-order valence-electron chi connectivity index (χ3n) is 4.51. The maximum Gasteiger partial charge on any atom is 0.150 e. The Balaban J connectivity index is 1.56. The van der Waals surface area contributed by atoms with E-state index in [1.54, 1.807) is 11.3 Å². The molecule has 120 valence electrons. The monoisotopic (exact) mass is 327 g/mol. The normalized spacial score (nSPS) is 19.0. The molecule has 0 amide bonds. The third kappa shape index (κ3) is 2.77. The number of nitrogens with one attached hydrogen (secondary N) is 1. The van der Waals surface area contributed by atoms with Gasteiger partial charge in [0.2, 0.25) is 0 Å². The number of fused-ring (bicyclic) bond motifs is 2. The predicted octanol–water partition coefficient (Wildman–Crippen LogP) is 3.64. The minimum absolute atomic E-state index is 0.243. The van der Waals surface area contributed by atoms with E-state index in [0.29, 0.717) is 0 Å². The molecule has 0 unspecified atom stereocenters. The quantitative estimate of drug-likeness (QED) is 0.795. The minimum atomic E-state index is 0.243. The number of hydrogen-bond donors (Lipinski definition) is 1. The van der Waals surface area contributed by atoms with Crippen molar-refractivity contribution in [2.75, 3.05) is 0 Å². The van der Waals surface area contributed by atoms with E-state index in [2.05, 4.69) is 51.4 Å². The highest BCUT2D eigenvalue weighted by atomic mass is 32.1. The maximum absolute atomic E-state index is 4.71. The van der Waals surface area contributed by atoms with E-state index in [-0.39, 0.29) is 12.1 Å². The fourth-order valence-electron chi connectivity index (χ4n) is 3.20. The van der Waals surface area contributed by atoms with Crippen LogP contribution in [-0.2, 0) is 13.0 Å². The van der Waals surface area contributed by atoms with Gasteiger partial charge in [-0.25, -0.2) is 9.67 Å². The van der Waals surface area contributed by atoms with Crippen LogP contribution in [0.5, 0.6) is 0 Å². The molecule has 0 aromatic carbocycles. The fraction of sp³-hybridized carbons (Fsp3) is 0.471.